The Balaban J connectivity index is 1.57. The Morgan fingerprint density at radius 2 is 2.04 bits per heavy atom. The second-order valence-electron chi connectivity index (χ2n) is 5.44. The van der Waals surface area contributed by atoms with E-state index in [9.17, 15) is 4.79 Å². The van der Waals surface area contributed by atoms with E-state index in [4.69, 9.17) is 19.3 Å². The number of carbonyl (C=O) groups excluding carboxylic acids is 1. The van der Waals surface area contributed by atoms with Crippen molar-refractivity contribution in [3.63, 3.8) is 0 Å². The molecule has 1 N–H and O–H groups in total. The van der Waals surface area contributed by atoms with Crippen molar-refractivity contribution in [2.45, 2.75) is 32.1 Å². The normalized spacial score (nSPS) is 13.0. The monoisotopic (exact) mass is 332 g/mol. The fourth-order valence-electron chi connectivity index (χ4n) is 2.21. The summed E-state index contributed by atoms with van der Waals surface area (Å²) >= 11 is 0. The van der Waals surface area contributed by atoms with Gasteiger partial charge in [0.2, 0.25) is 6.79 Å². The maximum Gasteiger partial charge on any atom is 0.305 e. The summed E-state index contributed by atoms with van der Waals surface area (Å²) in [5, 5.41) is 8.59. The first-order valence-electron chi connectivity index (χ1n) is 8.29. The van der Waals surface area contributed by atoms with E-state index in [1.165, 1.54) is 0 Å². The first-order valence-corrected chi connectivity index (χ1v) is 8.29. The average molecular weight is 332 g/mol. The molecule has 0 saturated heterocycles. The third kappa shape index (κ3) is 6.46. The lowest BCUT2D eigenvalue weighted by molar-refractivity contribution is -0.144. The number of benzene rings is 1. The summed E-state index contributed by atoms with van der Waals surface area (Å²) < 4.78 is 15.6. The third-order valence-corrected chi connectivity index (χ3v) is 3.50. The van der Waals surface area contributed by atoms with E-state index in [1.54, 1.807) is 0 Å². The Labute approximate surface area is 142 Å². The smallest absolute Gasteiger partial charge is 0.305 e. The summed E-state index contributed by atoms with van der Waals surface area (Å²) in [5.74, 6) is 1.39. The van der Waals surface area contributed by atoms with Crippen LogP contribution in [0.15, 0.2) is 36.4 Å². The van der Waals surface area contributed by atoms with E-state index in [0.717, 1.165) is 36.3 Å². The zero-order valence-electron chi connectivity index (χ0n) is 13.8. The zero-order chi connectivity index (χ0) is 17.0. The highest BCUT2D eigenvalue weighted by Crippen LogP contribution is 2.32. The standard InChI is InChI=1S/C19H24O5/c20-12-7-13-22-19(21)9-6-4-2-1-3-5-8-16-10-11-17-18(14-16)24-15-23-17/h1,3,5,8,10-11,14,20H,2,4,6-7,9,12-13,15H2/b3-1+,8-5+. The number of allylic oxidation sites excluding steroid dienone is 3. The molecule has 0 saturated carbocycles. The Bertz CT molecular complexity index is 577. The summed E-state index contributed by atoms with van der Waals surface area (Å²) in [6.45, 7) is 0.648. The molecule has 1 aromatic carbocycles. The van der Waals surface area contributed by atoms with Crippen LogP contribution in [-0.4, -0.2) is 31.1 Å². The van der Waals surface area contributed by atoms with Gasteiger partial charge in [-0.15, -0.1) is 0 Å². The summed E-state index contributed by atoms with van der Waals surface area (Å²) in [7, 11) is 0. The number of ether oxygens (including phenoxy) is 3. The first kappa shape index (κ1) is 18.1. The third-order valence-electron chi connectivity index (χ3n) is 3.50. The summed E-state index contributed by atoms with van der Waals surface area (Å²) in [6.07, 6.45) is 11.7. The molecule has 1 aliphatic heterocycles. The minimum atomic E-state index is -0.185. The molecule has 0 amide bonds. The van der Waals surface area contributed by atoms with Crippen LogP contribution in [0.3, 0.4) is 0 Å². The second kappa shape index (κ2) is 10.5. The van der Waals surface area contributed by atoms with Gasteiger partial charge in [-0.05, 0) is 37.0 Å². The maximum atomic E-state index is 11.3. The molecule has 2 rings (SSSR count). The second-order valence-corrected chi connectivity index (χ2v) is 5.44. The molecule has 5 heteroatoms. The molecule has 1 aliphatic rings. The van der Waals surface area contributed by atoms with Crippen molar-refractivity contribution >= 4 is 12.0 Å². The van der Waals surface area contributed by atoms with Crippen LogP contribution in [0.4, 0.5) is 0 Å². The minimum Gasteiger partial charge on any atom is -0.466 e. The number of carbonyl (C=O) groups is 1. The molecule has 0 aliphatic carbocycles. The molecule has 0 radical (unpaired) electrons. The molecular formula is C19H24O5. The zero-order valence-corrected chi connectivity index (χ0v) is 13.8. The quantitative estimate of drug-likeness (QED) is 0.404. The van der Waals surface area contributed by atoms with E-state index in [-0.39, 0.29) is 19.4 Å². The van der Waals surface area contributed by atoms with Gasteiger partial charge < -0.3 is 19.3 Å². The lowest BCUT2D eigenvalue weighted by Gasteiger charge is -2.02. The van der Waals surface area contributed by atoms with E-state index in [0.29, 0.717) is 19.4 Å². The Morgan fingerprint density at radius 1 is 1.17 bits per heavy atom. The van der Waals surface area contributed by atoms with Crippen LogP contribution in [0.1, 0.15) is 37.7 Å². The largest absolute Gasteiger partial charge is 0.466 e. The molecule has 0 bridgehead atoms. The number of unbranched alkanes of at least 4 members (excludes halogenated alkanes) is 2. The van der Waals surface area contributed by atoms with Crippen molar-refractivity contribution in [3.05, 3.63) is 42.0 Å². The molecule has 0 aromatic heterocycles. The van der Waals surface area contributed by atoms with Gasteiger partial charge in [0.1, 0.15) is 0 Å². The number of hydrogen-bond acceptors (Lipinski definition) is 5. The van der Waals surface area contributed by atoms with Crippen LogP contribution < -0.4 is 9.47 Å². The van der Waals surface area contributed by atoms with Crippen LogP contribution in [0.2, 0.25) is 0 Å². The Kier molecular flexibility index (Phi) is 7.90. The van der Waals surface area contributed by atoms with Gasteiger partial charge in [0, 0.05) is 19.4 Å². The molecule has 1 aromatic rings. The van der Waals surface area contributed by atoms with Crippen molar-refractivity contribution in [1.82, 2.24) is 0 Å². The van der Waals surface area contributed by atoms with E-state index in [2.05, 4.69) is 6.08 Å². The number of fused-ring (bicyclic) bond motifs is 1. The molecule has 0 atom stereocenters. The van der Waals surface area contributed by atoms with Crippen LogP contribution in [0, 0.1) is 0 Å². The number of hydrogen-bond donors (Lipinski definition) is 1. The highest BCUT2D eigenvalue weighted by Gasteiger charge is 2.11. The van der Waals surface area contributed by atoms with Crippen molar-refractivity contribution in [3.8, 4) is 11.5 Å². The van der Waals surface area contributed by atoms with Crippen LogP contribution in [0.5, 0.6) is 11.5 Å². The molecule has 0 unspecified atom stereocenters. The topological polar surface area (TPSA) is 65.0 Å². The molecule has 5 nitrogen and oxygen atoms in total. The molecule has 0 spiro atoms. The van der Waals surface area contributed by atoms with Gasteiger partial charge in [-0.25, -0.2) is 0 Å². The van der Waals surface area contributed by atoms with Gasteiger partial charge in [0.15, 0.2) is 11.5 Å². The predicted octanol–water partition coefficient (Wildman–Crippen LogP) is 3.47. The maximum absolute atomic E-state index is 11.3. The van der Waals surface area contributed by atoms with E-state index >= 15 is 0 Å². The number of esters is 1. The summed E-state index contributed by atoms with van der Waals surface area (Å²) in [6, 6.07) is 5.85. The molecular weight excluding hydrogens is 308 g/mol. The Hall–Kier alpha value is -2.27. The van der Waals surface area contributed by atoms with Crippen LogP contribution >= 0.6 is 0 Å². The fourth-order valence-corrected chi connectivity index (χ4v) is 2.21. The molecule has 1 heterocycles. The van der Waals surface area contributed by atoms with E-state index < -0.39 is 0 Å². The molecule has 0 fully saturated rings. The van der Waals surface area contributed by atoms with Gasteiger partial charge in [0.05, 0.1) is 6.61 Å². The highest BCUT2D eigenvalue weighted by atomic mass is 16.7. The Morgan fingerprint density at radius 3 is 2.92 bits per heavy atom. The van der Waals surface area contributed by atoms with Gasteiger partial charge in [-0.1, -0.05) is 30.4 Å². The minimum absolute atomic E-state index is 0.0534. The number of rotatable bonds is 10. The van der Waals surface area contributed by atoms with Gasteiger partial charge in [0.25, 0.3) is 0 Å². The van der Waals surface area contributed by atoms with E-state index in [1.807, 2.05) is 36.4 Å². The molecule has 130 valence electrons. The van der Waals surface area contributed by atoms with Gasteiger partial charge >= 0.3 is 5.97 Å². The van der Waals surface area contributed by atoms with Crippen LogP contribution in [-0.2, 0) is 9.53 Å². The highest BCUT2D eigenvalue weighted by molar-refractivity contribution is 5.69. The summed E-state index contributed by atoms with van der Waals surface area (Å²) in [5.41, 5.74) is 1.06. The van der Waals surface area contributed by atoms with Gasteiger partial charge in [-0.2, -0.15) is 0 Å². The average Bonchev–Trinajstić information content (AvgIpc) is 3.05. The fraction of sp³-hybridized carbons (Fsp3) is 0.421. The molecule has 24 heavy (non-hydrogen) atoms. The van der Waals surface area contributed by atoms with Crippen molar-refractivity contribution in [2.75, 3.05) is 20.0 Å². The lowest BCUT2D eigenvalue weighted by atomic mass is 10.1. The number of aliphatic hydroxyl groups excluding tert-OH is 1. The van der Waals surface area contributed by atoms with Crippen LogP contribution in [0.25, 0.3) is 6.08 Å². The summed E-state index contributed by atoms with van der Waals surface area (Å²) in [4.78, 5) is 11.3. The predicted molar refractivity (Wildman–Crippen MR) is 91.9 cm³/mol. The first-order chi connectivity index (χ1) is 11.8. The van der Waals surface area contributed by atoms with Crippen molar-refractivity contribution in [1.29, 1.82) is 0 Å². The van der Waals surface area contributed by atoms with Gasteiger partial charge in [-0.3, -0.25) is 4.79 Å². The SMILES string of the molecule is O=C(CCCC/C=C/C=C/c1ccc2c(c1)OCO2)OCCCO. The number of aliphatic hydroxyl groups is 1. The van der Waals surface area contributed by atoms with Crippen molar-refractivity contribution < 1.29 is 24.1 Å². The van der Waals surface area contributed by atoms with Crippen molar-refractivity contribution in [2.24, 2.45) is 0 Å². The lowest BCUT2D eigenvalue weighted by Crippen LogP contribution is -2.06.